The minimum absolute atomic E-state index is 0.205. The van der Waals surface area contributed by atoms with Gasteiger partial charge in [-0.05, 0) is 12.8 Å². The highest BCUT2D eigenvalue weighted by Gasteiger charge is 1.86. The molecule has 0 atom stereocenters. The van der Waals surface area contributed by atoms with Crippen LogP contribution in [0.5, 0.6) is 0 Å². The molecule has 10 nitrogen and oxygen atoms in total. The summed E-state index contributed by atoms with van der Waals surface area (Å²) in [7, 11) is -4.67. The second-order valence-electron chi connectivity index (χ2n) is 5.18. The van der Waals surface area contributed by atoms with Gasteiger partial charge in [0.15, 0.2) is 11.9 Å². The Morgan fingerprint density at radius 3 is 1.20 bits per heavy atom. The third kappa shape index (κ3) is 60.6. The van der Waals surface area contributed by atoms with Gasteiger partial charge in [-0.25, -0.2) is 0 Å². The van der Waals surface area contributed by atoms with Crippen LogP contribution < -0.4 is 22.9 Å². The van der Waals surface area contributed by atoms with Crippen molar-refractivity contribution >= 4 is 22.3 Å². The van der Waals surface area contributed by atoms with Gasteiger partial charge in [-0.1, -0.05) is 52.4 Å². The topological polar surface area (TPSA) is 203 Å². The molecule has 0 bridgehead atoms. The maximum Gasteiger partial charge on any atom is 0.394 e. The highest BCUT2D eigenvalue weighted by Crippen LogP contribution is 1.98. The molecule has 0 aliphatic heterocycles. The van der Waals surface area contributed by atoms with Crippen LogP contribution in [-0.4, -0.2) is 42.5 Å². The Labute approximate surface area is 151 Å². The fraction of sp³-hybridized carbons (Fsp3) is 0.857. The first-order chi connectivity index (χ1) is 11.5. The minimum atomic E-state index is -4.67. The van der Waals surface area contributed by atoms with Crippen molar-refractivity contribution in [1.29, 1.82) is 0 Å². The summed E-state index contributed by atoms with van der Waals surface area (Å²) in [6, 6.07) is 0. The van der Waals surface area contributed by atoms with E-state index in [0.29, 0.717) is 0 Å². The van der Waals surface area contributed by atoms with E-state index in [-0.39, 0.29) is 11.9 Å². The van der Waals surface area contributed by atoms with Gasteiger partial charge >= 0.3 is 10.4 Å². The molecular formula is C14H36N6O4S. The largest absolute Gasteiger partial charge is 0.394 e. The van der Waals surface area contributed by atoms with Gasteiger partial charge < -0.3 is 22.9 Å². The average molecular weight is 385 g/mol. The van der Waals surface area contributed by atoms with E-state index in [4.69, 9.17) is 40.5 Å². The molecule has 0 aromatic carbocycles. The molecule has 0 radical (unpaired) electrons. The Morgan fingerprint density at radius 1 is 0.720 bits per heavy atom. The molecule has 0 saturated heterocycles. The van der Waals surface area contributed by atoms with Crippen molar-refractivity contribution in [2.45, 2.75) is 65.2 Å². The molecule has 0 aromatic heterocycles. The van der Waals surface area contributed by atoms with Crippen molar-refractivity contribution in [2.75, 3.05) is 13.1 Å². The van der Waals surface area contributed by atoms with Crippen molar-refractivity contribution in [3.63, 3.8) is 0 Å². The standard InChI is InChI=1S/2C7H17N3.H2O4S/c2*1-2-3-4-5-6-10-7(8)9;1-5(2,3)4/h2*2-6H2,1H3,(H4,8,9,10);(H2,1,2,3,4). The predicted octanol–water partition coefficient (Wildman–Crippen LogP) is 1.03. The zero-order valence-electron chi connectivity index (χ0n) is 15.4. The summed E-state index contributed by atoms with van der Waals surface area (Å²) in [5.74, 6) is 0.410. The molecule has 25 heavy (non-hydrogen) atoms. The highest BCUT2D eigenvalue weighted by atomic mass is 32.3. The van der Waals surface area contributed by atoms with Crippen LogP contribution in [0.4, 0.5) is 0 Å². The summed E-state index contributed by atoms with van der Waals surface area (Å²) in [6.07, 6.45) is 9.72. The van der Waals surface area contributed by atoms with Gasteiger partial charge in [0.1, 0.15) is 0 Å². The monoisotopic (exact) mass is 384 g/mol. The molecule has 0 aliphatic carbocycles. The van der Waals surface area contributed by atoms with E-state index >= 15 is 0 Å². The van der Waals surface area contributed by atoms with Crippen LogP contribution >= 0.6 is 0 Å². The minimum Gasteiger partial charge on any atom is -0.370 e. The average Bonchev–Trinajstić information content (AvgIpc) is 2.45. The Morgan fingerprint density at radius 2 is 1.00 bits per heavy atom. The molecule has 0 saturated carbocycles. The number of rotatable bonds is 10. The molecule has 0 spiro atoms. The molecule has 0 aliphatic rings. The molecule has 152 valence electrons. The van der Waals surface area contributed by atoms with Crippen LogP contribution in [0.3, 0.4) is 0 Å². The number of aliphatic imine (C=N–C) groups is 2. The summed E-state index contributed by atoms with van der Waals surface area (Å²) >= 11 is 0. The number of hydrogen-bond donors (Lipinski definition) is 6. The van der Waals surface area contributed by atoms with Gasteiger partial charge in [0.2, 0.25) is 0 Å². The van der Waals surface area contributed by atoms with E-state index in [1.165, 1.54) is 38.5 Å². The summed E-state index contributed by atoms with van der Waals surface area (Å²) in [5, 5.41) is 0. The molecule has 10 N–H and O–H groups in total. The first-order valence-corrected chi connectivity index (χ1v) is 9.74. The third-order valence-corrected chi connectivity index (χ3v) is 2.61. The fourth-order valence-electron chi connectivity index (χ4n) is 1.49. The number of unbranched alkanes of at least 4 members (excludes halogenated alkanes) is 6. The van der Waals surface area contributed by atoms with Gasteiger partial charge in [0, 0.05) is 13.1 Å². The van der Waals surface area contributed by atoms with Crippen LogP contribution in [0.15, 0.2) is 9.98 Å². The van der Waals surface area contributed by atoms with Gasteiger partial charge in [0.25, 0.3) is 0 Å². The molecule has 0 rings (SSSR count). The van der Waals surface area contributed by atoms with Crippen LogP contribution in [0.25, 0.3) is 0 Å². The normalized spacial score (nSPS) is 9.76. The zero-order chi connectivity index (χ0) is 20.1. The van der Waals surface area contributed by atoms with Gasteiger partial charge in [0.05, 0.1) is 0 Å². The van der Waals surface area contributed by atoms with E-state index in [2.05, 4.69) is 23.8 Å². The van der Waals surface area contributed by atoms with E-state index in [1.807, 2.05) is 0 Å². The second-order valence-corrected chi connectivity index (χ2v) is 6.08. The molecule has 0 fully saturated rings. The van der Waals surface area contributed by atoms with Crippen molar-refractivity contribution in [3.05, 3.63) is 0 Å². The Kier molecular flexibility index (Phi) is 23.1. The van der Waals surface area contributed by atoms with Crippen LogP contribution in [0.2, 0.25) is 0 Å². The van der Waals surface area contributed by atoms with Crippen LogP contribution in [0, 0.1) is 0 Å². The van der Waals surface area contributed by atoms with Crippen molar-refractivity contribution < 1.29 is 17.5 Å². The lowest BCUT2D eigenvalue weighted by Crippen LogP contribution is -2.22. The zero-order valence-corrected chi connectivity index (χ0v) is 16.2. The number of nitrogens with zero attached hydrogens (tertiary/aromatic N) is 2. The maximum atomic E-state index is 8.74. The van der Waals surface area contributed by atoms with E-state index in [9.17, 15) is 0 Å². The molecule has 0 heterocycles. The van der Waals surface area contributed by atoms with E-state index in [1.54, 1.807) is 0 Å². The Hall–Kier alpha value is -1.59. The Bertz CT molecular complexity index is 399. The van der Waals surface area contributed by atoms with Gasteiger partial charge in [-0.3, -0.25) is 19.1 Å². The Balaban J connectivity index is -0.000000308. The SMILES string of the molecule is CCCCCCN=C(N)N.CCCCCCN=C(N)N.O=S(=O)(O)O. The summed E-state index contributed by atoms with van der Waals surface area (Å²) in [5.41, 5.74) is 20.5. The van der Waals surface area contributed by atoms with Crippen LogP contribution in [-0.2, 0) is 10.4 Å². The fourth-order valence-corrected chi connectivity index (χ4v) is 1.49. The van der Waals surface area contributed by atoms with E-state index in [0.717, 1.165) is 25.9 Å². The van der Waals surface area contributed by atoms with Crippen molar-refractivity contribution in [3.8, 4) is 0 Å². The number of guanidine groups is 2. The highest BCUT2D eigenvalue weighted by molar-refractivity contribution is 7.79. The lowest BCUT2D eigenvalue weighted by molar-refractivity contribution is 0.381. The first-order valence-electron chi connectivity index (χ1n) is 8.35. The first kappa shape index (κ1) is 28.2. The lowest BCUT2D eigenvalue weighted by atomic mass is 10.2. The van der Waals surface area contributed by atoms with Crippen LogP contribution in [0.1, 0.15) is 65.2 Å². The van der Waals surface area contributed by atoms with E-state index < -0.39 is 10.4 Å². The quantitative estimate of drug-likeness (QED) is 0.138. The number of nitrogens with two attached hydrogens (primary N) is 4. The molecule has 0 unspecified atom stereocenters. The summed E-state index contributed by atoms with van der Waals surface area (Å²) in [6.45, 7) is 5.92. The van der Waals surface area contributed by atoms with Gasteiger partial charge in [-0.2, -0.15) is 8.42 Å². The van der Waals surface area contributed by atoms with Crippen molar-refractivity contribution in [2.24, 2.45) is 32.9 Å². The summed E-state index contributed by atoms with van der Waals surface area (Å²) < 4.78 is 31.6. The van der Waals surface area contributed by atoms with Crippen molar-refractivity contribution in [1.82, 2.24) is 0 Å². The second kappa shape index (κ2) is 20.5. The third-order valence-electron chi connectivity index (χ3n) is 2.61. The summed E-state index contributed by atoms with van der Waals surface area (Å²) in [4.78, 5) is 7.74. The number of hydrogen-bond acceptors (Lipinski definition) is 4. The predicted molar refractivity (Wildman–Crippen MR) is 104 cm³/mol. The molecule has 0 aromatic rings. The van der Waals surface area contributed by atoms with Gasteiger partial charge in [-0.15, -0.1) is 0 Å². The maximum absolute atomic E-state index is 8.74. The molecule has 0 amide bonds. The lowest BCUT2D eigenvalue weighted by Gasteiger charge is -1.94. The molecular weight excluding hydrogens is 348 g/mol. The molecule has 11 heteroatoms. The smallest absolute Gasteiger partial charge is 0.370 e.